The van der Waals surface area contributed by atoms with Crippen molar-refractivity contribution in [2.24, 2.45) is 10.8 Å². The molecule has 0 aliphatic heterocycles. The van der Waals surface area contributed by atoms with Crippen molar-refractivity contribution in [2.75, 3.05) is 0 Å². The third-order valence-corrected chi connectivity index (χ3v) is 7.08. The van der Waals surface area contributed by atoms with E-state index in [1.54, 1.807) is 26.0 Å². The summed E-state index contributed by atoms with van der Waals surface area (Å²) in [6, 6.07) is 3.09. The van der Waals surface area contributed by atoms with Gasteiger partial charge in [-0.3, -0.25) is 9.59 Å². The molecule has 2 rings (SSSR count). The number of carbonyl (C=O) groups is 2. The first kappa shape index (κ1) is 26.0. The predicted molar refractivity (Wildman–Crippen MR) is 124 cm³/mol. The first-order valence-electron chi connectivity index (χ1n) is 12.1. The zero-order chi connectivity index (χ0) is 23.8. The molecule has 0 aromatic heterocycles. The molecule has 1 aliphatic carbocycles. The molecule has 0 unspecified atom stereocenters. The summed E-state index contributed by atoms with van der Waals surface area (Å²) in [6.45, 7) is 3.51. The Bertz CT molecular complexity index is 726. The second-order valence-electron chi connectivity index (χ2n) is 10.2. The summed E-state index contributed by atoms with van der Waals surface area (Å²) in [5.41, 5.74) is 0.503. The van der Waals surface area contributed by atoms with Crippen LogP contribution in [0.2, 0.25) is 0 Å². The Morgan fingerprint density at radius 2 is 1.28 bits per heavy atom. The molecule has 0 amide bonds. The van der Waals surface area contributed by atoms with Gasteiger partial charge in [0.05, 0.1) is 10.8 Å². The summed E-state index contributed by atoms with van der Waals surface area (Å²) >= 11 is 0. The number of hydrogen-bond donors (Lipinski definition) is 4. The molecule has 32 heavy (non-hydrogen) atoms. The van der Waals surface area contributed by atoms with Gasteiger partial charge in [0, 0.05) is 11.1 Å². The van der Waals surface area contributed by atoms with Crippen molar-refractivity contribution in [3.63, 3.8) is 0 Å². The number of unbranched alkanes of at least 4 members (excludes halogenated alkanes) is 6. The first-order chi connectivity index (χ1) is 15.1. The maximum atomic E-state index is 11.2. The number of hydrogen-bond acceptors (Lipinski definition) is 4. The normalized spacial score (nSPS) is 14.9. The van der Waals surface area contributed by atoms with E-state index in [0.29, 0.717) is 19.3 Å². The van der Waals surface area contributed by atoms with Gasteiger partial charge >= 0.3 is 11.9 Å². The maximum Gasteiger partial charge on any atom is 0.309 e. The van der Waals surface area contributed by atoms with E-state index in [1.807, 2.05) is 0 Å². The van der Waals surface area contributed by atoms with Crippen LogP contribution in [0.4, 0.5) is 0 Å². The van der Waals surface area contributed by atoms with E-state index in [2.05, 4.69) is 0 Å². The molecule has 0 heterocycles. The highest BCUT2D eigenvalue weighted by Gasteiger charge is 2.49. The van der Waals surface area contributed by atoms with E-state index in [-0.39, 0.29) is 11.5 Å². The van der Waals surface area contributed by atoms with E-state index in [0.717, 1.165) is 81.8 Å². The number of phenolic OH excluding ortho intramolecular Hbond substituents is 2. The Hall–Kier alpha value is -2.24. The molecule has 1 aromatic carbocycles. The van der Waals surface area contributed by atoms with Crippen LogP contribution >= 0.6 is 0 Å². The minimum atomic E-state index is -0.763. The van der Waals surface area contributed by atoms with Gasteiger partial charge in [-0.05, 0) is 77.3 Å². The fourth-order valence-electron chi connectivity index (χ4n) is 4.40. The lowest BCUT2D eigenvalue weighted by Crippen LogP contribution is -2.23. The van der Waals surface area contributed by atoms with Crippen molar-refractivity contribution in [1.29, 1.82) is 0 Å². The summed E-state index contributed by atoms with van der Waals surface area (Å²) < 4.78 is 0. The molecular formula is C26H40O6. The number of carboxylic acid groups (broad SMARTS) is 2. The zero-order valence-electron chi connectivity index (χ0n) is 19.7. The van der Waals surface area contributed by atoms with Gasteiger partial charge in [0.15, 0.2) is 0 Å². The average Bonchev–Trinajstić information content (AvgIpc) is 3.52. The maximum absolute atomic E-state index is 11.2. The van der Waals surface area contributed by atoms with Gasteiger partial charge in [0.25, 0.3) is 0 Å². The van der Waals surface area contributed by atoms with Gasteiger partial charge < -0.3 is 20.4 Å². The van der Waals surface area contributed by atoms with Gasteiger partial charge in [-0.25, -0.2) is 0 Å². The molecular weight excluding hydrogens is 408 g/mol. The Morgan fingerprint density at radius 1 is 0.812 bits per heavy atom. The summed E-state index contributed by atoms with van der Waals surface area (Å²) in [5, 5.41) is 39.1. The van der Waals surface area contributed by atoms with Gasteiger partial charge in [-0.1, -0.05) is 38.5 Å². The summed E-state index contributed by atoms with van der Waals surface area (Å²) in [5.74, 6) is -0.969. The molecule has 6 nitrogen and oxygen atoms in total. The molecule has 1 fully saturated rings. The van der Waals surface area contributed by atoms with Crippen LogP contribution in [0, 0.1) is 10.8 Å². The summed E-state index contributed by atoms with van der Waals surface area (Å²) in [4.78, 5) is 22.4. The average molecular weight is 449 g/mol. The zero-order valence-corrected chi connectivity index (χ0v) is 19.7. The number of benzene rings is 1. The molecule has 4 N–H and O–H groups in total. The Labute approximate surface area is 191 Å². The topological polar surface area (TPSA) is 115 Å². The molecule has 0 bridgehead atoms. The second kappa shape index (κ2) is 11.6. The quantitative estimate of drug-likeness (QED) is 0.180. The SMILES string of the molecule is CC(C)(CCCCCCc1c(O)ccc(O)c1CCCCCCC1(C(=O)O)CC1)C(=O)O. The van der Waals surface area contributed by atoms with E-state index in [9.17, 15) is 30.0 Å². The Kier molecular flexibility index (Phi) is 9.41. The lowest BCUT2D eigenvalue weighted by Gasteiger charge is -2.18. The molecule has 0 atom stereocenters. The third kappa shape index (κ3) is 7.42. The van der Waals surface area contributed by atoms with E-state index in [1.165, 1.54) is 0 Å². The lowest BCUT2D eigenvalue weighted by molar-refractivity contribution is -0.147. The third-order valence-electron chi connectivity index (χ3n) is 7.08. The number of aliphatic carboxylic acids is 2. The fraction of sp³-hybridized carbons (Fsp3) is 0.692. The highest BCUT2D eigenvalue weighted by Crippen LogP contribution is 2.50. The van der Waals surface area contributed by atoms with Crippen molar-refractivity contribution in [3.8, 4) is 11.5 Å². The molecule has 1 saturated carbocycles. The Morgan fingerprint density at radius 3 is 1.72 bits per heavy atom. The Balaban J connectivity index is 1.73. The highest BCUT2D eigenvalue weighted by molar-refractivity contribution is 5.77. The standard InChI is InChI=1S/C26H40O6/c1-25(2,23(29)30)15-9-5-3-7-11-19-20(22(28)14-13-21(19)27)12-8-4-6-10-16-26(17-18-26)24(31)32/h13-14,27-28H,3-12,15-18H2,1-2H3,(H,29,30)(H,31,32). The van der Waals surface area contributed by atoms with E-state index >= 15 is 0 Å². The van der Waals surface area contributed by atoms with Gasteiger partial charge in [0.2, 0.25) is 0 Å². The van der Waals surface area contributed by atoms with Crippen LogP contribution in [0.1, 0.15) is 102 Å². The molecule has 0 saturated heterocycles. The summed E-state index contributed by atoms with van der Waals surface area (Å²) in [6.07, 6.45) is 11.8. The van der Waals surface area contributed by atoms with Crippen molar-refractivity contribution in [1.82, 2.24) is 0 Å². The van der Waals surface area contributed by atoms with Crippen LogP contribution in [-0.2, 0) is 22.4 Å². The lowest BCUT2D eigenvalue weighted by atomic mass is 9.87. The monoisotopic (exact) mass is 448 g/mol. The number of carboxylic acids is 2. The predicted octanol–water partition coefficient (Wildman–Crippen LogP) is 6.06. The molecule has 0 spiro atoms. The molecule has 180 valence electrons. The van der Waals surface area contributed by atoms with Gasteiger partial charge in [-0.15, -0.1) is 0 Å². The van der Waals surface area contributed by atoms with Crippen LogP contribution in [0.3, 0.4) is 0 Å². The van der Waals surface area contributed by atoms with E-state index in [4.69, 9.17) is 0 Å². The minimum Gasteiger partial charge on any atom is -0.508 e. The highest BCUT2D eigenvalue weighted by atomic mass is 16.4. The van der Waals surface area contributed by atoms with Crippen LogP contribution in [0.25, 0.3) is 0 Å². The number of phenols is 2. The molecule has 1 aromatic rings. The first-order valence-corrected chi connectivity index (χ1v) is 12.1. The minimum absolute atomic E-state index is 0.224. The molecule has 0 radical (unpaired) electrons. The molecule has 6 heteroatoms. The van der Waals surface area contributed by atoms with Crippen molar-refractivity contribution >= 4 is 11.9 Å². The number of rotatable bonds is 16. The molecule has 1 aliphatic rings. The van der Waals surface area contributed by atoms with Crippen molar-refractivity contribution in [2.45, 2.75) is 104 Å². The van der Waals surface area contributed by atoms with Crippen LogP contribution in [0.5, 0.6) is 11.5 Å². The van der Waals surface area contributed by atoms with Crippen LogP contribution in [-0.4, -0.2) is 32.4 Å². The van der Waals surface area contributed by atoms with Gasteiger partial charge in [0.1, 0.15) is 11.5 Å². The second-order valence-corrected chi connectivity index (χ2v) is 10.2. The van der Waals surface area contributed by atoms with Gasteiger partial charge in [-0.2, -0.15) is 0 Å². The number of aromatic hydroxyl groups is 2. The van der Waals surface area contributed by atoms with Crippen molar-refractivity contribution < 1.29 is 30.0 Å². The smallest absolute Gasteiger partial charge is 0.309 e. The van der Waals surface area contributed by atoms with E-state index < -0.39 is 22.8 Å². The van der Waals surface area contributed by atoms with Crippen LogP contribution < -0.4 is 0 Å². The van der Waals surface area contributed by atoms with Crippen molar-refractivity contribution in [3.05, 3.63) is 23.3 Å². The fourth-order valence-corrected chi connectivity index (χ4v) is 4.40. The summed E-state index contributed by atoms with van der Waals surface area (Å²) in [7, 11) is 0. The largest absolute Gasteiger partial charge is 0.508 e. The van der Waals surface area contributed by atoms with Crippen LogP contribution in [0.15, 0.2) is 12.1 Å².